The molecule has 24 heavy (non-hydrogen) atoms. The first-order chi connectivity index (χ1) is 11.7. The van der Waals surface area contributed by atoms with Crippen molar-refractivity contribution >= 4 is 22.4 Å². The first-order valence-electron chi connectivity index (χ1n) is 7.93. The number of carbonyl (C=O) groups is 1. The van der Waals surface area contributed by atoms with Gasteiger partial charge in [-0.25, -0.2) is 15.0 Å². The SMILES string of the molecule is CC1CCc2nc(NC(=O)c3ccnc(-n4ccnc4)c3)sc2C1. The van der Waals surface area contributed by atoms with Crippen molar-refractivity contribution in [1.82, 2.24) is 19.5 Å². The Balaban J connectivity index is 1.54. The predicted molar refractivity (Wildman–Crippen MR) is 92.6 cm³/mol. The fraction of sp³-hybridized carbons (Fsp3) is 0.294. The molecule has 0 aliphatic heterocycles. The number of rotatable bonds is 3. The number of hydrogen-bond donors (Lipinski definition) is 1. The number of amides is 1. The van der Waals surface area contributed by atoms with Gasteiger partial charge in [0.25, 0.3) is 5.91 Å². The first-order valence-corrected chi connectivity index (χ1v) is 8.75. The molecule has 3 aromatic heterocycles. The molecule has 3 heterocycles. The Morgan fingerprint density at radius 1 is 1.42 bits per heavy atom. The van der Waals surface area contributed by atoms with Crippen molar-refractivity contribution in [3.63, 3.8) is 0 Å². The van der Waals surface area contributed by atoms with Gasteiger partial charge in [0.1, 0.15) is 12.1 Å². The number of nitrogens with one attached hydrogen (secondary N) is 1. The monoisotopic (exact) mass is 339 g/mol. The van der Waals surface area contributed by atoms with Gasteiger partial charge in [-0.3, -0.25) is 14.7 Å². The Hall–Kier alpha value is -2.54. The minimum absolute atomic E-state index is 0.169. The summed E-state index contributed by atoms with van der Waals surface area (Å²) < 4.78 is 1.76. The maximum absolute atomic E-state index is 12.5. The topological polar surface area (TPSA) is 72.7 Å². The van der Waals surface area contributed by atoms with E-state index in [2.05, 4.69) is 27.2 Å². The Kier molecular flexibility index (Phi) is 3.86. The van der Waals surface area contributed by atoms with Gasteiger partial charge < -0.3 is 0 Å². The van der Waals surface area contributed by atoms with E-state index in [1.54, 1.807) is 53.0 Å². The highest BCUT2D eigenvalue weighted by molar-refractivity contribution is 7.15. The summed E-state index contributed by atoms with van der Waals surface area (Å²) in [5.74, 6) is 1.18. The molecule has 0 aromatic carbocycles. The van der Waals surface area contributed by atoms with E-state index in [4.69, 9.17) is 0 Å². The van der Waals surface area contributed by atoms with Gasteiger partial charge in [-0.05, 0) is 37.3 Å². The van der Waals surface area contributed by atoms with Crippen LogP contribution in [0.3, 0.4) is 0 Å². The number of pyridine rings is 1. The van der Waals surface area contributed by atoms with E-state index in [1.165, 1.54) is 11.3 Å². The molecule has 0 radical (unpaired) electrons. The second-order valence-electron chi connectivity index (χ2n) is 6.06. The molecule has 3 aromatic rings. The van der Waals surface area contributed by atoms with Gasteiger partial charge in [0.05, 0.1) is 5.69 Å². The molecule has 0 fully saturated rings. The van der Waals surface area contributed by atoms with E-state index < -0.39 is 0 Å². The number of anilines is 1. The van der Waals surface area contributed by atoms with Crippen molar-refractivity contribution in [2.45, 2.75) is 26.2 Å². The number of carbonyl (C=O) groups excluding carboxylic acids is 1. The molecule has 7 heteroatoms. The second kappa shape index (κ2) is 6.16. The number of aryl methyl sites for hydroxylation is 1. The summed E-state index contributed by atoms with van der Waals surface area (Å²) in [5.41, 5.74) is 1.69. The number of fused-ring (bicyclic) bond motifs is 1. The lowest BCUT2D eigenvalue weighted by Gasteiger charge is -2.15. The summed E-state index contributed by atoms with van der Waals surface area (Å²) in [6.45, 7) is 2.26. The second-order valence-corrected chi connectivity index (χ2v) is 7.15. The zero-order valence-electron chi connectivity index (χ0n) is 13.3. The van der Waals surface area contributed by atoms with Crippen LogP contribution in [0.4, 0.5) is 5.13 Å². The van der Waals surface area contributed by atoms with Crippen LogP contribution in [-0.4, -0.2) is 25.4 Å². The minimum Gasteiger partial charge on any atom is -0.298 e. The molecule has 0 bridgehead atoms. The Labute approximate surface area is 143 Å². The van der Waals surface area contributed by atoms with Crippen LogP contribution in [-0.2, 0) is 12.8 Å². The summed E-state index contributed by atoms with van der Waals surface area (Å²) in [6.07, 6.45) is 9.98. The van der Waals surface area contributed by atoms with E-state index in [0.29, 0.717) is 22.4 Å². The average molecular weight is 339 g/mol. The van der Waals surface area contributed by atoms with Crippen molar-refractivity contribution in [2.75, 3.05) is 5.32 Å². The highest BCUT2D eigenvalue weighted by atomic mass is 32.1. The van der Waals surface area contributed by atoms with Gasteiger partial charge in [0.15, 0.2) is 5.13 Å². The molecule has 1 aliphatic rings. The maximum atomic E-state index is 12.5. The van der Waals surface area contributed by atoms with Crippen LogP contribution in [0.25, 0.3) is 5.82 Å². The van der Waals surface area contributed by atoms with E-state index in [0.717, 1.165) is 18.5 Å². The minimum atomic E-state index is -0.169. The Bertz CT molecular complexity index is 871. The van der Waals surface area contributed by atoms with Gasteiger partial charge >= 0.3 is 0 Å². The highest BCUT2D eigenvalue weighted by Crippen LogP contribution is 2.32. The average Bonchev–Trinajstić information content (AvgIpc) is 3.23. The third-order valence-corrected chi connectivity index (χ3v) is 5.22. The summed E-state index contributed by atoms with van der Waals surface area (Å²) in [5, 5.41) is 3.60. The smallest absolute Gasteiger partial charge is 0.257 e. The molecule has 122 valence electrons. The molecule has 6 nitrogen and oxygen atoms in total. The van der Waals surface area contributed by atoms with E-state index >= 15 is 0 Å². The molecule has 1 unspecified atom stereocenters. The Morgan fingerprint density at radius 3 is 3.17 bits per heavy atom. The normalized spacial score (nSPS) is 16.6. The summed E-state index contributed by atoms with van der Waals surface area (Å²) in [7, 11) is 0. The van der Waals surface area contributed by atoms with Gasteiger partial charge in [-0.15, -0.1) is 11.3 Å². The Morgan fingerprint density at radius 2 is 2.33 bits per heavy atom. The summed E-state index contributed by atoms with van der Waals surface area (Å²) in [6, 6.07) is 3.44. The predicted octanol–water partition coefficient (Wildman–Crippen LogP) is 3.10. The molecule has 0 saturated heterocycles. The third-order valence-electron chi connectivity index (χ3n) is 4.18. The van der Waals surface area contributed by atoms with Crippen LogP contribution < -0.4 is 5.32 Å². The van der Waals surface area contributed by atoms with Crippen molar-refractivity contribution in [2.24, 2.45) is 5.92 Å². The van der Waals surface area contributed by atoms with Crippen molar-refractivity contribution in [1.29, 1.82) is 0 Å². The fourth-order valence-corrected chi connectivity index (χ4v) is 4.02. The van der Waals surface area contributed by atoms with E-state index in [-0.39, 0.29) is 5.91 Å². The quantitative estimate of drug-likeness (QED) is 0.796. The van der Waals surface area contributed by atoms with E-state index in [1.807, 2.05) is 0 Å². The van der Waals surface area contributed by atoms with E-state index in [9.17, 15) is 4.79 Å². The molecule has 1 atom stereocenters. The standard InChI is InChI=1S/C17H17N5OS/c1-11-2-3-13-14(8-11)24-17(20-13)21-16(23)12-4-5-19-15(9-12)22-7-6-18-10-22/h4-7,9-11H,2-3,8H2,1H3,(H,20,21,23). The number of aromatic nitrogens is 4. The summed E-state index contributed by atoms with van der Waals surface area (Å²) in [4.78, 5) is 26.7. The van der Waals surface area contributed by atoms with Gasteiger partial charge in [-0.1, -0.05) is 6.92 Å². The molecule has 0 spiro atoms. The summed E-state index contributed by atoms with van der Waals surface area (Å²) >= 11 is 1.59. The number of nitrogens with zero attached hydrogens (tertiary/aromatic N) is 4. The molecule has 4 rings (SSSR count). The lowest BCUT2D eigenvalue weighted by atomic mass is 9.93. The van der Waals surface area contributed by atoms with Crippen LogP contribution in [0.15, 0.2) is 37.1 Å². The van der Waals surface area contributed by atoms with Crippen molar-refractivity contribution < 1.29 is 4.79 Å². The van der Waals surface area contributed by atoms with Crippen LogP contribution in [0.2, 0.25) is 0 Å². The van der Waals surface area contributed by atoms with Crippen LogP contribution in [0, 0.1) is 5.92 Å². The van der Waals surface area contributed by atoms with Crippen LogP contribution >= 0.6 is 11.3 Å². The number of hydrogen-bond acceptors (Lipinski definition) is 5. The first kappa shape index (κ1) is 15.0. The molecule has 1 N–H and O–H groups in total. The zero-order chi connectivity index (χ0) is 16.5. The highest BCUT2D eigenvalue weighted by Gasteiger charge is 2.20. The largest absolute Gasteiger partial charge is 0.298 e. The van der Waals surface area contributed by atoms with Crippen molar-refractivity contribution in [3.8, 4) is 5.82 Å². The third kappa shape index (κ3) is 2.94. The lowest BCUT2D eigenvalue weighted by Crippen LogP contribution is -2.13. The zero-order valence-corrected chi connectivity index (χ0v) is 14.1. The van der Waals surface area contributed by atoms with Gasteiger partial charge in [0.2, 0.25) is 0 Å². The lowest BCUT2D eigenvalue weighted by molar-refractivity contribution is 0.102. The molecule has 0 saturated carbocycles. The van der Waals surface area contributed by atoms with Gasteiger partial charge in [0, 0.05) is 29.0 Å². The number of imidazole rings is 1. The molecular formula is C17H17N5OS. The van der Waals surface area contributed by atoms with Crippen molar-refractivity contribution in [3.05, 3.63) is 53.2 Å². The molecular weight excluding hydrogens is 322 g/mol. The molecule has 1 amide bonds. The van der Waals surface area contributed by atoms with Crippen LogP contribution in [0.5, 0.6) is 0 Å². The maximum Gasteiger partial charge on any atom is 0.257 e. The molecule has 1 aliphatic carbocycles. The van der Waals surface area contributed by atoms with Crippen LogP contribution in [0.1, 0.15) is 34.3 Å². The van der Waals surface area contributed by atoms with Gasteiger partial charge in [-0.2, -0.15) is 0 Å². The number of thiazole rings is 1. The fourth-order valence-electron chi connectivity index (χ4n) is 2.86.